The maximum atomic E-state index is 14.3. The summed E-state index contributed by atoms with van der Waals surface area (Å²) in [4.78, 5) is 38.7. The number of ether oxygens (including phenoxy) is 1. The van der Waals surface area contributed by atoms with E-state index in [1.807, 2.05) is 11.8 Å². The standard InChI is InChI=1S/C24H30FN7O4/c1-14(29-23(35)36-24(2,3)4)7-8-18-16(10-15(25)11-26-18)19-6-5-9-31(19)22-27-13-32-20(30-22)17(12-28-32)21(33)34/h10-14,19H,5-9H2,1-4H3,(H,29,35)(H,33,34). The van der Waals surface area contributed by atoms with Crippen LogP contribution in [-0.2, 0) is 11.2 Å². The van der Waals surface area contributed by atoms with Crippen molar-refractivity contribution in [2.24, 2.45) is 0 Å². The highest BCUT2D eigenvalue weighted by molar-refractivity contribution is 5.94. The van der Waals surface area contributed by atoms with Crippen molar-refractivity contribution in [2.45, 2.75) is 71.1 Å². The molecule has 3 aromatic heterocycles. The van der Waals surface area contributed by atoms with Gasteiger partial charge >= 0.3 is 12.1 Å². The van der Waals surface area contributed by atoms with Crippen LogP contribution in [0.25, 0.3) is 5.65 Å². The molecule has 4 rings (SSSR count). The second-order valence-electron chi connectivity index (χ2n) is 9.91. The van der Waals surface area contributed by atoms with Gasteiger partial charge in [-0.25, -0.2) is 23.5 Å². The van der Waals surface area contributed by atoms with Gasteiger partial charge in [-0.05, 0) is 65.0 Å². The number of nitrogens with one attached hydrogen (secondary N) is 1. The van der Waals surface area contributed by atoms with Crippen LogP contribution in [0.2, 0.25) is 0 Å². The van der Waals surface area contributed by atoms with Crippen LogP contribution in [0.4, 0.5) is 15.1 Å². The van der Waals surface area contributed by atoms with E-state index < -0.39 is 23.5 Å². The quantitative estimate of drug-likeness (QED) is 0.500. The Hall–Kier alpha value is -3.83. The number of halogens is 1. The Balaban J connectivity index is 1.54. The molecule has 36 heavy (non-hydrogen) atoms. The fourth-order valence-corrected chi connectivity index (χ4v) is 4.32. The van der Waals surface area contributed by atoms with Gasteiger partial charge in [0.1, 0.15) is 23.3 Å². The van der Waals surface area contributed by atoms with Crippen LogP contribution in [0.1, 0.15) is 74.6 Å². The molecule has 0 spiro atoms. The number of carboxylic acids is 1. The lowest BCUT2D eigenvalue weighted by atomic mass is 9.98. The molecule has 2 N–H and O–H groups in total. The number of anilines is 1. The molecule has 192 valence electrons. The highest BCUT2D eigenvalue weighted by Crippen LogP contribution is 2.36. The first kappa shape index (κ1) is 25.3. The van der Waals surface area contributed by atoms with E-state index in [1.165, 1.54) is 29.3 Å². The zero-order valence-corrected chi connectivity index (χ0v) is 20.7. The molecular formula is C24H30FN7O4. The SMILES string of the molecule is CC(CCc1ncc(F)cc1C1CCCN1c1ncn2ncc(C(=O)O)c2n1)NC(=O)OC(C)(C)C. The first-order valence-electron chi connectivity index (χ1n) is 11.9. The summed E-state index contributed by atoms with van der Waals surface area (Å²) in [6, 6.07) is 1.08. The summed E-state index contributed by atoms with van der Waals surface area (Å²) in [5.41, 5.74) is 1.04. The number of carbonyl (C=O) groups is 2. The number of amides is 1. The summed E-state index contributed by atoms with van der Waals surface area (Å²) in [7, 11) is 0. The summed E-state index contributed by atoms with van der Waals surface area (Å²) in [6.07, 6.45) is 6.03. The van der Waals surface area contributed by atoms with Crippen LogP contribution in [0, 0.1) is 5.82 Å². The number of rotatable bonds is 7. The average molecular weight is 500 g/mol. The minimum absolute atomic E-state index is 0.0195. The third-order valence-corrected chi connectivity index (χ3v) is 5.90. The van der Waals surface area contributed by atoms with E-state index in [-0.39, 0.29) is 23.3 Å². The molecule has 0 radical (unpaired) electrons. The second kappa shape index (κ2) is 10.0. The van der Waals surface area contributed by atoms with Crippen LogP contribution in [-0.4, -0.2) is 59.9 Å². The summed E-state index contributed by atoms with van der Waals surface area (Å²) >= 11 is 0. The van der Waals surface area contributed by atoms with Gasteiger partial charge in [-0.2, -0.15) is 10.1 Å². The molecule has 0 aromatic carbocycles. The zero-order valence-electron chi connectivity index (χ0n) is 20.7. The topological polar surface area (TPSA) is 135 Å². The van der Waals surface area contributed by atoms with Crippen LogP contribution in [0.15, 0.2) is 24.8 Å². The molecule has 1 amide bonds. The molecule has 11 nitrogen and oxygen atoms in total. The summed E-state index contributed by atoms with van der Waals surface area (Å²) in [5, 5.41) is 16.2. The number of alkyl carbamates (subject to hydrolysis) is 1. The highest BCUT2D eigenvalue weighted by atomic mass is 19.1. The molecule has 0 saturated carbocycles. The Bertz CT molecular complexity index is 1270. The molecule has 2 atom stereocenters. The van der Waals surface area contributed by atoms with Gasteiger partial charge in [0.15, 0.2) is 5.65 Å². The lowest BCUT2D eigenvalue weighted by Crippen LogP contribution is -2.38. The van der Waals surface area contributed by atoms with Crippen molar-refractivity contribution >= 4 is 23.7 Å². The Kier molecular flexibility index (Phi) is 7.04. The number of carbonyl (C=O) groups excluding carboxylic acids is 1. The van der Waals surface area contributed by atoms with E-state index >= 15 is 0 Å². The van der Waals surface area contributed by atoms with E-state index in [9.17, 15) is 19.1 Å². The largest absolute Gasteiger partial charge is 0.477 e. The molecule has 0 aliphatic carbocycles. The Morgan fingerprint density at radius 2 is 2.08 bits per heavy atom. The molecule has 0 bridgehead atoms. The van der Waals surface area contributed by atoms with E-state index in [0.717, 1.165) is 24.1 Å². The molecule has 3 aromatic rings. The minimum atomic E-state index is -1.13. The van der Waals surface area contributed by atoms with Crippen molar-refractivity contribution in [3.63, 3.8) is 0 Å². The number of aryl methyl sites for hydroxylation is 1. The lowest BCUT2D eigenvalue weighted by Gasteiger charge is -2.27. The number of hydrogen-bond donors (Lipinski definition) is 2. The Labute approximate surface area is 207 Å². The van der Waals surface area contributed by atoms with Crippen molar-refractivity contribution in [2.75, 3.05) is 11.4 Å². The Morgan fingerprint density at radius 3 is 2.81 bits per heavy atom. The number of fused-ring (bicyclic) bond motifs is 1. The normalized spacial score (nSPS) is 16.8. The molecule has 2 unspecified atom stereocenters. The van der Waals surface area contributed by atoms with Gasteiger partial charge in [-0.1, -0.05) is 0 Å². The van der Waals surface area contributed by atoms with E-state index in [0.29, 0.717) is 25.3 Å². The van der Waals surface area contributed by atoms with E-state index in [4.69, 9.17) is 4.74 Å². The summed E-state index contributed by atoms with van der Waals surface area (Å²) in [6.45, 7) is 7.91. The van der Waals surface area contributed by atoms with Crippen molar-refractivity contribution < 1.29 is 23.8 Å². The Morgan fingerprint density at radius 1 is 1.31 bits per heavy atom. The van der Waals surface area contributed by atoms with Gasteiger partial charge in [0.25, 0.3) is 0 Å². The first-order chi connectivity index (χ1) is 17.0. The molecule has 1 saturated heterocycles. The first-order valence-corrected chi connectivity index (χ1v) is 11.9. The number of carboxylic acid groups (broad SMARTS) is 1. The van der Waals surface area contributed by atoms with E-state index in [1.54, 1.807) is 20.8 Å². The summed E-state index contributed by atoms with van der Waals surface area (Å²) in [5.74, 6) is -1.22. The second-order valence-corrected chi connectivity index (χ2v) is 9.91. The third kappa shape index (κ3) is 5.69. The predicted octanol–water partition coefficient (Wildman–Crippen LogP) is 3.54. The minimum Gasteiger partial charge on any atom is -0.477 e. The molecule has 1 aliphatic rings. The average Bonchev–Trinajstić information content (AvgIpc) is 3.43. The van der Waals surface area contributed by atoms with Gasteiger partial charge in [-0.15, -0.1) is 0 Å². The number of hydrogen-bond acceptors (Lipinski definition) is 8. The van der Waals surface area contributed by atoms with Crippen LogP contribution >= 0.6 is 0 Å². The summed E-state index contributed by atoms with van der Waals surface area (Å²) < 4.78 is 20.9. The van der Waals surface area contributed by atoms with Crippen molar-refractivity contribution in [3.05, 3.63) is 47.4 Å². The van der Waals surface area contributed by atoms with Gasteiger partial charge in [0, 0.05) is 18.3 Å². The van der Waals surface area contributed by atoms with Crippen molar-refractivity contribution in [3.8, 4) is 0 Å². The fraction of sp³-hybridized carbons (Fsp3) is 0.500. The monoisotopic (exact) mass is 499 g/mol. The molecule has 1 fully saturated rings. The van der Waals surface area contributed by atoms with Gasteiger partial charge < -0.3 is 20.1 Å². The van der Waals surface area contributed by atoms with Gasteiger partial charge in [-0.3, -0.25) is 4.98 Å². The maximum absolute atomic E-state index is 14.3. The van der Waals surface area contributed by atoms with Crippen molar-refractivity contribution in [1.82, 2.24) is 29.9 Å². The molecule has 12 heteroatoms. The smallest absolute Gasteiger partial charge is 0.407 e. The van der Waals surface area contributed by atoms with E-state index in [2.05, 4.69) is 25.4 Å². The van der Waals surface area contributed by atoms with Gasteiger partial charge in [0.2, 0.25) is 5.95 Å². The highest BCUT2D eigenvalue weighted by Gasteiger charge is 2.31. The number of aromatic nitrogens is 5. The van der Waals surface area contributed by atoms with Crippen LogP contribution in [0.5, 0.6) is 0 Å². The number of pyridine rings is 1. The molecule has 1 aliphatic heterocycles. The fourth-order valence-electron chi connectivity index (χ4n) is 4.32. The van der Waals surface area contributed by atoms with Crippen LogP contribution < -0.4 is 10.2 Å². The zero-order chi connectivity index (χ0) is 26.0. The molecule has 4 heterocycles. The lowest BCUT2D eigenvalue weighted by molar-refractivity contribution is 0.0505. The number of nitrogens with zero attached hydrogens (tertiary/aromatic N) is 6. The van der Waals surface area contributed by atoms with Crippen molar-refractivity contribution in [1.29, 1.82) is 0 Å². The number of aromatic carboxylic acids is 1. The van der Waals surface area contributed by atoms with Gasteiger partial charge in [0.05, 0.1) is 18.4 Å². The maximum Gasteiger partial charge on any atom is 0.407 e. The third-order valence-electron chi connectivity index (χ3n) is 5.90. The molecular weight excluding hydrogens is 469 g/mol. The van der Waals surface area contributed by atoms with Crippen LogP contribution in [0.3, 0.4) is 0 Å². The predicted molar refractivity (Wildman–Crippen MR) is 128 cm³/mol.